The lowest BCUT2D eigenvalue weighted by Crippen LogP contribution is -2.31. The van der Waals surface area contributed by atoms with Crippen LogP contribution in [0.15, 0.2) is 30.3 Å². The molecule has 5 heteroatoms. The molecule has 2 aromatic rings. The first kappa shape index (κ1) is 16.2. The number of nitrogens with one attached hydrogen (secondary N) is 1. The SMILES string of the molecule is Cl.Fc1ccc2c(c1F)CN(Cc1cccc3c1NCC3)CC2. The number of benzene rings is 2. The highest BCUT2D eigenvalue weighted by Gasteiger charge is 2.23. The fourth-order valence-electron chi connectivity index (χ4n) is 3.54. The van der Waals surface area contributed by atoms with E-state index in [0.29, 0.717) is 12.1 Å². The molecule has 2 nitrogen and oxygen atoms in total. The minimum atomic E-state index is -0.747. The monoisotopic (exact) mass is 336 g/mol. The fraction of sp³-hybridized carbons (Fsp3) is 0.333. The molecule has 0 saturated carbocycles. The smallest absolute Gasteiger partial charge is 0.163 e. The number of anilines is 1. The zero-order valence-corrected chi connectivity index (χ0v) is 13.6. The minimum Gasteiger partial charge on any atom is -0.384 e. The van der Waals surface area contributed by atoms with Crippen LogP contribution in [0.4, 0.5) is 14.5 Å². The second-order valence-corrected chi connectivity index (χ2v) is 6.09. The largest absolute Gasteiger partial charge is 0.384 e. The van der Waals surface area contributed by atoms with Crippen molar-refractivity contribution in [3.05, 3.63) is 64.2 Å². The molecule has 2 heterocycles. The van der Waals surface area contributed by atoms with Gasteiger partial charge >= 0.3 is 0 Å². The zero-order chi connectivity index (χ0) is 15.1. The van der Waals surface area contributed by atoms with Crippen LogP contribution < -0.4 is 5.32 Å². The fourth-order valence-corrected chi connectivity index (χ4v) is 3.54. The second kappa shape index (κ2) is 6.46. The molecule has 0 spiro atoms. The van der Waals surface area contributed by atoms with Crippen molar-refractivity contribution in [2.24, 2.45) is 0 Å². The third-order valence-electron chi connectivity index (χ3n) is 4.70. The molecule has 122 valence electrons. The number of hydrogen-bond donors (Lipinski definition) is 1. The molecule has 2 aromatic carbocycles. The van der Waals surface area contributed by atoms with Crippen molar-refractivity contribution in [3.8, 4) is 0 Å². The van der Waals surface area contributed by atoms with E-state index in [2.05, 4.69) is 28.4 Å². The summed E-state index contributed by atoms with van der Waals surface area (Å²) in [5.74, 6) is -1.43. The quantitative estimate of drug-likeness (QED) is 0.894. The van der Waals surface area contributed by atoms with Gasteiger partial charge in [-0.1, -0.05) is 24.3 Å². The van der Waals surface area contributed by atoms with Crippen molar-refractivity contribution in [1.82, 2.24) is 4.90 Å². The van der Waals surface area contributed by atoms with Gasteiger partial charge in [-0.25, -0.2) is 8.78 Å². The molecule has 0 aliphatic carbocycles. The van der Waals surface area contributed by atoms with E-state index in [0.717, 1.165) is 38.0 Å². The van der Waals surface area contributed by atoms with Gasteiger partial charge in [0.05, 0.1) is 0 Å². The summed E-state index contributed by atoms with van der Waals surface area (Å²) >= 11 is 0. The predicted octanol–water partition coefficient (Wildman–Crippen LogP) is 3.91. The Morgan fingerprint density at radius 3 is 2.78 bits per heavy atom. The summed E-state index contributed by atoms with van der Waals surface area (Å²) < 4.78 is 27.4. The van der Waals surface area contributed by atoms with Crippen molar-refractivity contribution in [3.63, 3.8) is 0 Å². The number of rotatable bonds is 2. The first-order chi connectivity index (χ1) is 10.7. The Morgan fingerprint density at radius 2 is 1.91 bits per heavy atom. The van der Waals surface area contributed by atoms with Gasteiger partial charge in [-0.2, -0.15) is 0 Å². The summed E-state index contributed by atoms with van der Waals surface area (Å²) in [4.78, 5) is 2.19. The maximum Gasteiger partial charge on any atom is 0.163 e. The van der Waals surface area contributed by atoms with E-state index >= 15 is 0 Å². The average Bonchev–Trinajstić information content (AvgIpc) is 3.01. The van der Waals surface area contributed by atoms with E-state index in [1.165, 1.54) is 22.9 Å². The van der Waals surface area contributed by atoms with Crippen LogP contribution >= 0.6 is 12.4 Å². The number of hydrogen-bond acceptors (Lipinski definition) is 2. The predicted molar refractivity (Wildman–Crippen MR) is 90.1 cm³/mol. The lowest BCUT2D eigenvalue weighted by atomic mass is 9.98. The van der Waals surface area contributed by atoms with Gasteiger partial charge in [-0.15, -0.1) is 12.4 Å². The Kier molecular flexibility index (Phi) is 4.55. The Morgan fingerprint density at radius 1 is 1.04 bits per heavy atom. The molecule has 0 unspecified atom stereocenters. The third kappa shape index (κ3) is 2.93. The average molecular weight is 337 g/mol. The third-order valence-corrected chi connectivity index (χ3v) is 4.70. The van der Waals surface area contributed by atoms with Crippen LogP contribution in [0.3, 0.4) is 0 Å². The summed E-state index contributed by atoms with van der Waals surface area (Å²) in [5, 5.41) is 3.44. The Hall–Kier alpha value is -1.65. The van der Waals surface area contributed by atoms with E-state index in [9.17, 15) is 8.78 Å². The van der Waals surface area contributed by atoms with Gasteiger partial charge in [-0.3, -0.25) is 4.90 Å². The molecule has 0 radical (unpaired) electrons. The Labute approximate surface area is 140 Å². The lowest BCUT2D eigenvalue weighted by Gasteiger charge is -2.29. The summed E-state index contributed by atoms with van der Waals surface area (Å²) in [6.45, 7) is 3.10. The molecular formula is C18H19ClF2N2. The van der Waals surface area contributed by atoms with E-state index in [-0.39, 0.29) is 12.4 Å². The molecule has 0 atom stereocenters. The van der Waals surface area contributed by atoms with Gasteiger partial charge in [0.2, 0.25) is 0 Å². The van der Waals surface area contributed by atoms with Crippen LogP contribution in [0.2, 0.25) is 0 Å². The molecule has 0 fully saturated rings. The van der Waals surface area contributed by atoms with E-state index in [1.807, 2.05) is 0 Å². The van der Waals surface area contributed by atoms with Crippen LogP contribution in [0.1, 0.15) is 22.3 Å². The maximum absolute atomic E-state index is 14.0. The topological polar surface area (TPSA) is 15.3 Å². The minimum absolute atomic E-state index is 0. The lowest BCUT2D eigenvalue weighted by molar-refractivity contribution is 0.239. The molecule has 0 amide bonds. The highest BCUT2D eigenvalue weighted by molar-refractivity contribution is 5.85. The molecule has 0 aromatic heterocycles. The van der Waals surface area contributed by atoms with Crippen LogP contribution in [-0.4, -0.2) is 18.0 Å². The van der Waals surface area contributed by atoms with Gasteiger partial charge in [0.1, 0.15) is 0 Å². The number of fused-ring (bicyclic) bond motifs is 2. The summed E-state index contributed by atoms with van der Waals surface area (Å²) in [5.41, 5.74) is 5.29. The molecule has 0 bridgehead atoms. The molecule has 23 heavy (non-hydrogen) atoms. The standard InChI is InChI=1S/C18H18F2N2.ClH/c19-16-5-4-12-7-9-22(11-15(12)17(16)20)10-14-3-1-2-13-6-8-21-18(13)14;/h1-5,21H,6-11H2;1H. The summed E-state index contributed by atoms with van der Waals surface area (Å²) in [7, 11) is 0. The van der Waals surface area contributed by atoms with Crippen molar-refractivity contribution >= 4 is 18.1 Å². The summed E-state index contributed by atoms with van der Waals surface area (Å²) in [6.07, 6.45) is 1.83. The van der Waals surface area contributed by atoms with Crippen LogP contribution in [0, 0.1) is 11.6 Å². The molecule has 2 aliphatic heterocycles. The van der Waals surface area contributed by atoms with Gasteiger partial charge in [0.15, 0.2) is 11.6 Å². The highest BCUT2D eigenvalue weighted by atomic mass is 35.5. The van der Waals surface area contributed by atoms with E-state index < -0.39 is 11.6 Å². The molecule has 2 aliphatic rings. The van der Waals surface area contributed by atoms with Gasteiger partial charge < -0.3 is 5.32 Å². The Balaban J connectivity index is 0.00000156. The summed E-state index contributed by atoms with van der Waals surface area (Å²) in [6, 6.07) is 9.30. The zero-order valence-electron chi connectivity index (χ0n) is 12.7. The van der Waals surface area contributed by atoms with Crippen LogP contribution in [0.25, 0.3) is 0 Å². The molecule has 0 saturated heterocycles. The first-order valence-electron chi connectivity index (χ1n) is 7.75. The first-order valence-corrected chi connectivity index (χ1v) is 7.75. The molecule has 4 rings (SSSR count). The van der Waals surface area contributed by atoms with Crippen molar-refractivity contribution in [2.45, 2.75) is 25.9 Å². The highest BCUT2D eigenvalue weighted by Crippen LogP contribution is 2.30. The normalized spacial score (nSPS) is 16.3. The van der Waals surface area contributed by atoms with Gasteiger partial charge in [-0.05, 0) is 35.6 Å². The molecular weight excluding hydrogens is 318 g/mol. The van der Waals surface area contributed by atoms with Gasteiger partial charge in [0, 0.05) is 37.4 Å². The van der Waals surface area contributed by atoms with E-state index in [1.54, 1.807) is 6.07 Å². The number of para-hydroxylation sites is 1. The van der Waals surface area contributed by atoms with E-state index in [4.69, 9.17) is 0 Å². The van der Waals surface area contributed by atoms with Gasteiger partial charge in [0.25, 0.3) is 0 Å². The van der Waals surface area contributed by atoms with Crippen molar-refractivity contribution < 1.29 is 8.78 Å². The van der Waals surface area contributed by atoms with Crippen molar-refractivity contribution in [1.29, 1.82) is 0 Å². The van der Waals surface area contributed by atoms with Crippen LogP contribution in [0.5, 0.6) is 0 Å². The maximum atomic E-state index is 14.0. The molecule has 1 N–H and O–H groups in total. The second-order valence-electron chi connectivity index (χ2n) is 6.09. The van der Waals surface area contributed by atoms with Crippen LogP contribution in [-0.2, 0) is 25.9 Å². The number of halogens is 3. The van der Waals surface area contributed by atoms with Crippen molar-refractivity contribution in [2.75, 3.05) is 18.4 Å². The number of nitrogens with zero attached hydrogens (tertiary/aromatic N) is 1. The Bertz CT molecular complexity index is 733.